The second kappa shape index (κ2) is 8.64. The summed E-state index contributed by atoms with van der Waals surface area (Å²) in [6.07, 6.45) is 1.98. The molecule has 10 nitrogen and oxygen atoms in total. The molecule has 5 N–H and O–H groups in total. The molecule has 4 unspecified atom stereocenters. The van der Waals surface area contributed by atoms with Crippen molar-refractivity contribution in [3.63, 3.8) is 0 Å². The van der Waals surface area contributed by atoms with Gasteiger partial charge in [0, 0.05) is 25.0 Å². The van der Waals surface area contributed by atoms with E-state index >= 15 is 0 Å². The molecule has 5 rings (SSSR count). The van der Waals surface area contributed by atoms with Crippen molar-refractivity contribution in [2.45, 2.75) is 49.9 Å². The Morgan fingerprint density at radius 2 is 1.78 bits per heavy atom. The van der Waals surface area contributed by atoms with Crippen molar-refractivity contribution in [1.82, 2.24) is 4.90 Å². The van der Waals surface area contributed by atoms with Crippen LogP contribution in [0, 0.1) is 23.7 Å². The smallest absolute Gasteiger partial charge is 0.230 e. The van der Waals surface area contributed by atoms with E-state index < -0.39 is 64.7 Å². The van der Waals surface area contributed by atoms with Crippen molar-refractivity contribution in [2.24, 2.45) is 29.4 Å². The number of ketones is 3. The van der Waals surface area contributed by atoms with Gasteiger partial charge >= 0.3 is 0 Å². The second-order valence-corrected chi connectivity index (χ2v) is 11.0. The van der Waals surface area contributed by atoms with Gasteiger partial charge in [-0.25, -0.2) is 0 Å². The lowest BCUT2D eigenvalue weighted by Crippen LogP contribution is -2.75. The maximum absolute atomic E-state index is 13.9. The highest BCUT2D eigenvalue weighted by atomic mass is 16.3. The first-order chi connectivity index (χ1) is 17.0. The molecule has 3 fully saturated rings. The number of primary amides is 1. The van der Waals surface area contributed by atoms with Crippen LogP contribution >= 0.6 is 0 Å². The van der Waals surface area contributed by atoms with Gasteiger partial charge in [-0.15, -0.1) is 0 Å². The summed E-state index contributed by atoms with van der Waals surface area (Å²) in [5.74, 6) is -8.70. The fraction of sp³-hybridized carbons (Fsp3) is 0.615. The molecule has 4 aliphatic rings. The van der Waals surface area contributed by atoms with E-state index in [0.29, 0.717) is 17.7 Å². The number of likely N-dealkylation sites (N-methyl/N-ethyl adjacent to an activating group) is 1. The highest BCUT2D eigenvalue weighted by Gasteiger charge is 2.69. The number of carbonyl (C=O) groups excluding carboxylic acids is 4. The number of rotatable bonds is 3. The minimum Gasteiger partial charge on any atom is -0.505 e. The van der Waals surface area contributed by atoms with Crippen LogP contribution in [-0.4, -0.2) is 88.4 Å². The third-order valence-corrected chi connectivity index (χ3v) is 8.84. The van der Waals surface area contributed by atoms with Gasteiger partial charge < -0.3 is 30.9 Å². The molecule has 1 aliphatic heterocycles. The minimum absolute atomic E-state index is 0.0635. The van der Waals surface area contributed by atoms with Gasteiger partial charge in [0.25, 0.3) is 0 Å². The van der Waals surface area contributed by atoms with E-state index in [1.807, 2.05) is 17.0 Å². The number of piperidine rings is 1. The number of benzene rings is 1. The molecule has 1 aromatic rings. The summed E-state index contributed by atoms with van der Waals surface area (Å²) in [7, 11) is 3.25. The normalized spacial score (nSPS) is 36.4. The number of phenolic OH excluding ortho intramolecular Hbond substituents is 1. The maximum Gasteiger partial charge on any atom is 0.230 e. The summed E-state index contributed by atoms with van der Waals surface area (Å²) in [5.41, 5.74) is 3.99. The van der Waals surface area contributed by atoms with Crippen LogP contribution in [-0.2, 0) is 20.8 Å². The molecular weight excluding hydrogens is 466 g/mol. The van der Waals surface area contributed by atoms with E-state index in [2.05, 4.69) is 0 Å². The Hall–Kier alpha value is -2.82. The fourth-order valence-electron chi connectivity index (χ4n) is 7.18. The number of nitrogens with two attached hydrogens (primary N) is 1. The van der Waals surface area contributed by atoms with Gasteiger partial charge in [0.15, 0.2) is 23.0 Å². The van der Waals surface area contributed by atoms with Crippen LogP contribution in [0.3, 0.4) is 0 Å². The Balaban J connectivity index is 1.58. The molecule has 1 heterocycles. The third kappa shape index (κ3) is 3.34. The molecule has 1 saturated heterocycles. The van der Waals surface area contributed by atoms with Crippen molar-refractivity contribution >= 4 is 28.9 Å². The van der Waals surface area contributed by atoms with Crippen LogP contribution in [0.4, 0.5) is 5.69 Å². The summed E-state index contributed by atoms with van der Waals surface area (Å²) < 4.78 is 0. The number of aliphatic hydroxyl groups excluding tert-OH is 1. The second-order valence-electron chi connectivity index (χ2n) is 11.0. The topological polar surface area (TPSA) is 161 Å². The molecule has 0 radical (unpaired) electrons. The zero-order chi connectivity index (χ0) is 26.1. The number of aliphatic hydroxyl groups is 2. The lowest BCUT2D eigenvalue weighted by atomic mass is 9.52. The Labute approximate surface area is 209 Å². The first-order valence-corrected chi connectivity index (χ1v) is 12.6. The quantitative estimate of drug-likeness (QED) is 0.407. The molecule has 194 valence electrons. The highest BCUT2D eigenvalue weighted by molar-refractivity contribution is 6.25. The van der Waals surface area contributed by atoms with Gasteiger partial charge in [-0.2, -0.15) is 0 Å². The minimum atomic E-state index is -2.64. The predicted octanol–water partition coefficient (Wildman–Crippen LogP) is -0.351. The molecule has 7 atom stereocenters. The Bertz CT molecular complexity index is 1140. The number of hydrogen-bond donors (Lipinski definition) is 4. The first kappa shape index (κ1) is 24.9. The van der Waals surface area contributed by atoms with Crippen LogP contribution in [0.1, 0.15) is 41.6 Å². The lowest BCUT2D eigenvalue weighted by Gasteiger charge is -2.54. The Kier molecular flexibility index (Phi) is 5.96. The van der Waals surface area contributed by atoms with Crippen LogP contribution in [0.5, 0.6) is 5.75 Å². The van der Waals surface area contributed by atoms with Crippen molar-refractivity contribution < 1.29 is 34.5 Å². The van der Waals surface area contributed by atoms with Gasteiger partial charge in [-0.1, -0.05) is 6.07 Å². The largest absolute Gasteiger partial charge is 0.505 e. The number of anilines is 1. The molecule has 10 heteroatoms. The van der Waals surface area contributed by atoms with Crippen LogP contribution in [0.25, 0.3) is 0 Å². The average molecular weight is 500 g/mol. The molecule has 0 aromatic heterocycles. The van der Waals surface area contributed by atoms with Crippen molar-refractivity contribution in [2.75, 3.05) is 32.1 Å². The number of aromatic hydroxyl groups is 1. The van der Waals surface area contributed by atoms with Gasteiger partial charge in [-0.3, -0.25) is 19.2 Å². The maximum atomic E-state index is 13.9. The van der Waals surface area contributed by atoms with Crippen molar-refractivity contribution in [3.8, 4) is 5.75 Å². The summed E-state index contributed by atoms with van der Waals surface area (Å²) in [5, 5.41) is 33.7. The van der Waals surface area contributed by atoms with Crippen LogP contribution < -0.4 is 10.6 Å². The lowest BCUT2D eigenvalue weighted by molar-refractivity contribution is -0.190. The van der Waals surface area contributed by atoms with E-state index in [9.17, 15) is 34.5 Å². The summed E-state index contributed by atoms with van der Waals surface area (Å²) >= 11 is 0. The van der Waals surface area contributed by atoms with E-state index in [4.69, 9.17) is 5.73 Å². The number of Topliss-reactive ketones (excluding diaryl/α,β-unsaturated/α-hetero) is 3. The van der Waals surface area contributed by atoms with Crippen molar-refractivity contribution in [1.29, 1.82) is 0 Å². The number of phenols is 1. The van der Waals surface area contributed by atoms with Crippen LogP contribution in [0.2, 0.25) is 0 Å². The predicted molar refractivity (Wildman–Crippen MR) is 128 cm³/mol. The number of carbonyl (C=O) groups is 4. The fourth-order valence-corrected chi connectivity index (χ4v) is 7.18. The average Bonchev–Trinajstić information content (AvgIpc) is 2.81. The Morgan fingerprint density at radius 1 is 1.11 bits per heavy atom. The summed E-state index contributed by atoms with van der Waals surface area (Å²) in [6.45, 7) is 1.51. The molecule has 0 bridgehead atoms. The van der Waals surface area contributed by atoms with E-state index in [1.54, 1.807) is 19.0 Å². The van der Waals surface area contributed by atoms with E-state index in [-0.39, 0.29) is 17.7 Å². The number of nitrogens with zero attached hydrogens (tertiary/aromatic N) is 2. The number of fused-ring (bicyclic) bond motifs is 3. The number of hydrogen-bond acceptors (Lipinski definition) is 9. The molecule has 0 spiro atoms. The molecule has 2 saturated carbocycles. The zero-order valence-corrected chi connectivity index (χ0v) is 20.5. The van der Waals surface area contributed by atoms with Gasteiger partial charge in [0.1, 0.15) is 11.7 Å². The first-order valence-electron chi connectivity index (χ1n) is 12.6. The molecular formula is C26H33N3O7. The van der Waals surface area contributed by atoms with E-state index in [1.165, 1.54) is 0 Å². The SMILES string of the molecule is CN(C)C1C(O)C(C(N)=O)C(=O)[C@]2(O)C(=O)C3C(=O)c4c(ccc(N5CCCCC5)c4O)C[C@@H]3C[C@H]12. The highest BCUT2D eigenvalue weighted by Crippen LogP contribution is 2.52. The summed E-state index contributed by atoms with van der Waals surface area (Å²) in [6, 6.07) is 2.72. The molecule has 1 aromatic carbocycles. The van der Waals surface area contributed by atoms with E-state index in [0.717, 1.165) is 32.4 Å². The van der Waals surface area contributed by atoms with Crippen LogP contribution in [0.15, 0.2) is 12.1 Å². The molecule has 3 aliphatic carbocycles. The van der Waals surface area contributed by atoms with Gasteiger partial charge in [0.2, 0.25) is 5.91 Å². The summed E-state index contributed by atoms with van der Waals surface area (Å²) in [4.78, 5) is 56.7. The van der Waals surface area contributed by atoms with Gasteiger partial charge in [-0.05, 0) is 63.7 Å². The third-order valence-electron chi connectivity index (χ3n) is 8.84. The zero-order valence-electron chi connectivity index (χ0n) is 20.5. The molecule has 1 amide bonds. The Morgan fingerprint density at radius 3 is 2.39 bits per heavy atom. The van der Waals surface area contributed by atoms with Crippen molar-refractivity contribution in [3.05, 3.63) is 23.3 Å². The standard InChI is InChI=1S/C26H33N3O7/c1-28(2)19-14-11-13-10-12-6-7-15(29-8-4-3-5-9-29)20(30)16(12)21(31)17(13)23(33)26(14,36)24(34)18(22(19)32)25(27)35/h6-7,13-14,17-19,22,30,32,36H,3-5,8-11H2,1-2H3,(H2,27,35)/t13-,14-,17?,18?,19?,22?,26-/m1/s1. The molecule has 36 heavy (non-hydrogen) atoms. The van der Waals surface area contributed by atoms with Gasteiger partial charge in [0.05, 0.1) is 23.3 Å². The monoisotopic (exact) mass is 499 g/mol. The number of amides is 1.